The van der Waals surface area contributed by atoms with E-state index < -0.39 is 0 Å². The lowest BCUT2D eigenvalue weighted by molar-refractivity contribution is -0.132. The molecule has 7 heteroatoms. The third kappa shape index (κ3) is 6.89. The van der Waals surface area contributed by atoms with Crippen LogP contribution in [0.15, 0.2) is 40.4 Å². The van der Waals surface area contributed by atoms with E-state index in [1.807, 2.05) is 11.0 Å². The molecule has 4 rings (SSSR count). The SMILES string of the molecule is CC(C)(C)c1ccc(N2CCN(CCC(=O)N3CCC(N=C4C=C(Cl)C(C#N)CC4)CC3)CC2)cc1. The van der Waals surface area contributed by atoms with Crippen molar-refractivity contribution < 1.29 is 4.79 Å². The van der Waals surface area contributed by atoms with E-state index in [9.17, 15) is 4.79 Å². The molecule has 0 bridgehead atoms. The molecule has 0 radical (unpaired) electrons. The van der Waals surface area contributed by atoms with Gasteiger partial charge in [0.25, 0.3) is 0 Å². The molecule has 6 nitrogen and oxygen atoms in total. The van der Waals surface area contributed by atoms with Crippen molar-refractivity contribution in [1.29, 1.82) is 5.26 Å². The van der Waals surface area contributed by atoms with E-state index in [1.165, 1.54) is 11.3 Å². The average molecular weight is 510 g/mol. The minimum absolute atomic E-state index is 0.177. The van der Waals surface area contributed by atoms with Crippen LogP contribution in [0.2, 0.25) is 0 Å². The van der Waals surface area contributed by atoms with Crippen molar-refractivity contribution in [3.8, 4) is 6.07 Å². The molecule has 0 aromatic heterocycles. The number of anilines is 1. The molecule has 0 spiro atoms. The van der Waals surface area contributed by atoms with E-state index in [4.69, 9.17) is 21.9 Å². The molecular formula is C29H40ClN5O. The van der Waals surface area contributed by atoms with Crippen molar-refractivity contribution >= 4 is 28.9 Å². The number of halogens is 1. The molecule has 1 aliphatic carbocycles. The summed E-state index contributed by atoms with van der Waals surface area (Å²) in [5, 5.41) is 9.71. The lowest BCUT2D eigenvalue weighted by Crippen LogP contribution is -2.48. The van der Waals surface area contributed by atoms with Crippen LogP contribution < -0.4 is 4.90 Å². The molecule has 1 aromatic rings. The highest BCUT2D eigenvalue weighted by Crippen LogP contribution is 2.27. The second-order valence-electron chi connectivity index (χ2n) is 11.4. The predicted molar refractivity (Wildman–Crippen MR) is 148 cm³/mol. The van der Waals surface area contributed by atoms with Gasteiger partial charge in [0, 0.05) is 68.7 Å². The summed E-state index contributed by atoms with van der Waals surface area (Å²) in [6, 6.07) is 11.5. The monoisotopic (exact) mass is 509 g/mol. The molecule has 194 valence electrons. The maximum atomic E-state index is 12.8. The van der Waals surface area contributed by atoms with Crippen LogP contribution in [0, 0.1) is 17.2 Å². The van der Waals surface area contributed by atoms with E-state index in [-0.39, 0.29) is 23.3 Å². The molecule has 1 unspecified atom stereocenters. The van der Waals surface area contributed by atoms with Crippen LogP contribution in [0.1, 0.15) is 58.4 Å². The normalized spacial score (nSPS) is 23.5. The maximum absolute atomic E-state index is 12.8. The van der Waals surface area contributed by atoms with Gasteiger partial charge in [0.2, 0.25) is 5.91 Å². The zero-order valence-corrected chi connectivity index (χ0v) is 22.8. The van der Waals surface area contributed by atoms with Crippen LogP contribution >= 0.6 is 11.6 Å². The summed E-state index contributed by atoms with van der Waals surface area (Å²) in [7, 11) is 0. The largest absolute Gasteiger partial charge is 0.369 e. The number of aliphatic imine (C=N–C) groups is 1. The van der Waals surface area contributed by atoms with Gasteiger partial charge in [0.05, 0.1) is 18.0 Å². The molecule has 1 aromatic carbocycles. The Hall–Kier alpha value is -2.36. The van der Waals surface area contributed by atoms with E-state index in [2.05, 4.69) is 60.9 Å². The van der Waals surface area contributed by atoms with Crippen LogP contribution in [0.25, 0.3) is 0 Å². The average Bonchev–Trinajstić information content (AvgIpc) is 2.88. The number of nitriles is 1. The lowest BCUT2D eigenvalue weighted by Gasteiger charge is -2.37. The molecule has 3 aliphatic rings. The van der Waals surface area contributed by atoms with Gasteiger partial charge in [-0.1, -0.05) is 44.5 Å². The van der Waals surface area contributed by atoms with Gasteiger partial charge < -0.3 is 9.80 Å². The van der Waals surface area contributed by atoms with Gasteiger partial charge in [-0.05, 0) is 54.9 Å². The molecule has 2 heterocycles. The second-order valence-corrected chi connectivity index (χ2v) is 11.8. The minimum atomic E-state index is -0.187. The fourth-order valence-electron chi connectivity index (χ4n) is 5.28. The summed E-state index contributed by atoms with van der Waals surface area (Å²) in [6.07, 6.45) is 5.82. The summed E-state index contributed by atoms with van der Waals surface area (Å²) in [4.78, 5) is 24.6. The summed E-state index contributed by atoms with van der Waals surface area (Å²) in [6.45, 7) is 13.1. The number of rotatable bonds is 5. The summed E-state index contributed by atoms with van der Waals surface area (Å²) < 4.78 is 0. The van der Waals surface area contributed by atoms with Gasteiger partial charge in [-0.15, -0.1) is 0 Å². The number of allylic oxidation sites excluding steroid dienone is 2. The van der Waals surface area contributed by atoms with E-state index in [0.29, 0.717) is 11.5 Å². The van der Waals surface area contributed by atoms with Gasteiger partial charge in [0.1, 0.15) is 0 Å². The highest BCUT2D eigenvalue weighted by Gasteiger charge is 2.25. The zero-order valence-electron chi connectivity index (χ0n) is 22.0. The number of benzene rings is 1. The summed E-state index contributed by atoms with van der Waals surface area (Å²) in [5.41, 5.74) is 3.83. The predicted octanol–water partition coefficient (Wildman–Crippen LogP) is 4.98. The number of amides is 1. The van der Waals surface area contributed by atoms with Gasteiger partial charge in [-0.2, -0.15) is 5.26 Å². The number of nitrogens with zero attached hydrogens (tertiary/aromatic N) is 5. The first-order chi connectivity index (χ1) is 17.2. The number of carbonyl (C=O) groups is 1. The maximum Gasteiger partial charge on any atom is 0.223 e. The molecule has 2 saturated heterocycles. The number of piperidine rings is 1. The molecule has 2 aliphatic heterocycles. The van der Waals surface area contributed by atoms with Gasteiger partial charge >= 0.3 is 0 Å². The van der Waals surface area contributed by atoms with E-state index >= 15 is 0 Å². The van der Waals surface area contributed by atoms with Crippen LogP contribution in [0.5, 0.6) is 0 Å². The number of carbonyl (C=O) groups excluding carboxylic acids is 1. The first-order valence-corrected chi connectivity index (χ1v) is 13.8. The van der Waals surface area contributed by atoms with Crippen molar-refractivity contribution in [2.45, 2.75) is 64.3 Å². The highest BCUT2D eigenvalue weighted by molar-refractivity contribution is 6.32. The molecule has 1 amide bonds. The van der Waals surface area contributed by atoms with Crippen LogP contribution in [0.4, 0.5) is 5.69 Å². The minimum Gasteiger partial charge on any atom is -0.369 e. The third-order valence-electron chi connectivity index (χ3n) is 7.76. The van der Waals surface area contributed by atoms with Crippen molar-refractivity contribution in [2.24, 2.45) is 10.9 Å². The molecular weight excluding hydrogens is 470 g/mol. The van der Waals surface area contributed by atoms with Crippen molar-refractivity contribution in [1.82, 2.24) is 9.80 Å². The van der Waals surface area contributed by atoms with Crippen LogP contribution in [0.3, 0.4) is 0 Å². The molecule has 1 atom stereocenters. The van der Waals surface area contributed by atoms with Crippen molar-refractivity contribution in [3.63, 3.8) is 0 Å². The number of hydrogen-bond donors (Lipinski definition) is 0. The van der Waals surface area contributed by atoms with E-state index in [0.717, 1.165) is 77.2 Å². The Kier molecular flexibility index (Phi) is 8.74. The van der Waals surface area contributed by atoms with Crippen LogP contribution in [-0.4, -0.2) is 73.3 Å². The molecule has 36 heavy (non-hydrogen) atoms. The number of likely N-dealkylation sites (tertiary alicyclic amines) is 1. The van der Waals surface area contributed by atoms with Crippen molar-refractivity contribution in [3.05, 3.63) is 40.9 Å². The zero-order chi connectivity index (χ0) is 25.7. The van der Waals surface area contributed by atoms with Gasteiger partial charge in [-0.25, -0.2) is 0 Å². The fourth-order valence-corrected chi connectivity index (χ4v) is 5.57. The van der Waals surface area contributed by atoms with Gasteiger partial charge in [0.15, 0.2) is 0 Å². The first kappa shape index (κ1) is 26.7. The highest BCUT2D eigenvalue weighted by atomic mass is 35.5. The Bertz CT molecular complexity index is 1000. The topological polar surface area (TPSA) is 62.9 Å². The Morgan fingerprint density at radius 3 is 2.31 bits per heavy atom. The number of hydrogen-bond acceptors (Lipinski definition) is 5. The molecule has 0 saturated carbocycles. The molecule has 0 N–H and O–H groups in total. The van der Waals surface area contributed by atoms with E-state index in [1.54, 1.807) is 0 Å². The quantitative estimate of drug-likeness (QED) is 0.561. The summed E-state index contributed by atoms with van der Waals surface area (Å²) >= 11 is 6.22. The lowest BCUT2D eigenvalue weighted by atomic mass is 9.87. The Balaban J connectivity index is 1.17. The smallest absolute Gasteiger partial charge is 0.223 e. The Morgan fingerprint density at radius 2 is 1.72 bits per heavy atom. The standard InChI is InChI=1S/C29H40ClN5O/c1-29(2,3)23-5-8-26(9-6-23)34-18-16-33(17-19-34)13-12-28(36)35-14-10-24(11-15-35)32-25-7-4-22(21-31)27(30)20-25/h5-6,8-9,20,22,24H,4,7,10-19H2,1-3H3. The summed E-state index contributed by atoms with van der Waals surface area (Å²) in [5.74, 6) is 0.0758. The number of piperazine rings is 1. The Labute approximate surface area is 221 Å². The fraction of sp³-hybridized carbons (Fsp3) is 0.621. The van der Waals surface area contributed by atoms with Crippen molar-refractivity contribution in [2.75, 3.05) is 50.7 Å². The third-order valence-corrected chi connectivity index (χ3v) is 8.13. The first-order valence-electron chi connectivity index (χ1n) is 13.4. The molecule has 2 fully saturated rings. The van der Waals surface area contributed by atoms with Crippen LogP contribution in [-0.2, 0) is 10.2 Å². The Morgan fingerprint density at radius 1 is 1.06 bits per heavy atom. The second kappa shape index (κ2) is 11.8. The van der Waals surface area contributed by atoms with Gasteiger partial charge in [-0.3, -0.25) is 14.7 Å².